The Balaban J connectivity index is 2.88. The molecule has 56 valence electrons. The van der Waals surface area contributed by atoms with E-state index in [0.717, 1.165) is 6.54 Å². The minimum Gasteiger partial charge on any atom is -0.313 e. The second kappa shape index (κ2) is 6.37. The first-order chi connectivity index (χ1) is 4.31. The Labute approximate surface area is 62.8 Å². The summed E-state index contributed by atoms with van der Waals surface area (Å²) in [6.45, 7) is 5.39. The van der Waals surface area contributed by atoms with Crippen molar-refractivity contribution < 1.29 is 0 Å². The summed E-state index contributed by atoms with van der Waals surface area (Å²) in [5.41, 5.74) is 0. The molecule has 9 heavy (non-hydrogen) atoms. The predicted octanol–water partition coefficient (Wildman–Crippen LogP) is 2.00. The van der Waals surface area contributed by atoms with Gasteiger partial charge in [-0.1, -0.05) is 13.3 Å². The van der Waals surface area contributed by atoms with Gasteiger partial charge in [0.05, 0.1) is 0 Å². The molecule has 0 aliphatic rings. The average Bonchev–Trinajstić information content (AvgIpc) is 1.89. The van der Waals surface area contributed by atoms with Crippen LogP contribution in [0.2, 0.25) is 0 Å². The Bertz CT molecular complexity index is 56.9. The number of unbranched alkanes of at least 4 members (excludes halogenated alkanes) is 1. The maximum absolute atomic E-state index is 5.57. The molecule has 0 aromatic heterocycles. The Hall–Kier alpha value is 0.250. The summed E-state index contributed by atoms with van der Waals surface area (Å²) in [7, 11) is 0. The monoisotopic (exact) mass is 149 g/mol. The maximum Gasteiger partial charge on any atom is 0.0374 e. The molecule has 0 aromatic carbocycles. The topological polar surface area (TPSA) is 12.0 Å². The molecule has 0 spiro atoms. The molecule has 0 bridgehead atoms. The third kappa shape index (κ3) is 6.13. The number of nitrogens with one attached hydrogen (secondary N) is 1. The van der Waals surface area contributed by atoms with Gasteiger partial charge in [-0.05, 0) is 19.9 Å². The van der Waals surface area contributed by atoms with Crippen LogP contribution in [0.15, 0.2) is 0 Å². The highest BCUT2D eigenvalue weighted by Crippen LogP contribution is 1.88. The maximum atomic E-state index is 5.57. The van der Waals surface area contributed by atoms with E-state index >= 15 is 0 Å². The van der Waals surface area contributed by atoms with Crippen LogP contribution in [-0.4, -0.2) is 18.5 Å². The van der Waals surface area contributed by atoms with E-state index in [1.165, 1.54) is 12.8 Å². The van der Waals surface area contributed by atoms with E-state index in [0.29, 0.717) is 11.9 Å². The fraction of sp³-hybridized carbons (Fsp3) is 1.00. The van der Waals surface area contributed by atoms with Crippen molar-refractivity contribution in [2.24, 2.45) is 0 Å². The molecular weight excluding hydrogens is 134 g/mol. The lowest BCUT2D eigenvalue weighted by Crippen LogP contribution is -2.28. The van der Waals surface area contributed by atoms with Gasteiger partial charge < -0.3 is 5.32 Å². The van der Waals surface area contributed by atoms with Gasteiger partial charge in [0.25, 0.3) is 0 Å². The van der Waals surface area contributed by atoms with E-state index in [9.17, 15) is 0 Å². The lowest BCUT2D eigenvalue weighted by atomic mass is 10.3. The van der Waals surface area contributed by atoms with Crippen LogP contribution in [-0.2, 0) is 0 Å². The van der Waals surface area contributed by atoms with Crippen molar-refractivity contribution in [2.45, 2.75) is 32.7 Å². The first-order valence-electron chi connectivity index (χ1n) is 3.60. The number of halogens is 1. The van der Waals surface area contributed by atoms with Crippen LogP contribution in [0.1, 0.15) is 26.7 Å². The highest BCUT2D eigenvalue weighted by molar-refractivity contribution is 6.18. The standard InChI is InChI=1S/C7H16ClN/c1-3-4-5-9-7(2)6-8/h7,9H,3-6H2,1-2H3. The summed E-state index contributed by atoms with van der Waals surface area (Å²) < 4.78 is 0. The zero-order valence-electron chi connectivity index (χ0n) is 6.28. The van der Waals surface area contributed by atoms with Crippen molar-refractivity contribution >= 4 is 11.6 Å². The summed E-state index contributed by atoms with van der Waals surface area (Å²) in [6, 6.07) is 0.471. The second-order valence-corrected chi connectivity index (χ2v) is 2.67. The summed E-state index contributed by atoms with van der Waals surface area (Å²) >= 11 is 5.57. The Morgan fingerprint density at radius 3 is 2.67 bits per heavy atom. The molecular formula is C7H16ClN. The molecule has 0 aliphatic heterocycles. The molecule has 0 heterocycles. The molecule has 0 saturated carbocycles. The Morgan fingerprint density at radius 2 is 2.22 bits per heavy atom. The highest BCUT2D eigenvalue weighted by Gasteiger charge is 1.94. The summed E-state index contributed by atoms with van der Waals surface area (Å²) in [6.07, 6.45) is 2.50. The lowest BCUT2D eigenvalue weighted by Gasteiger charge is -2.08. The quantitative estimate of drug-likeness (QED) is 0.466. The second-order valence-electron chi connectivity index (χ2n) is 2.36. The predicted molar refractivity (Wildman–Crippen MR) is 43.1 cm³/mol. The van der Waals surface area contributed by atoms with Gasteiger partial charge in [-0.15, -0.1) is 11.6 Å². The van der Waals surface area contributed by atoms with E-state index in [1.807, 2.05) is 0 Å². The van der Waals surface area contributed by atoms with Crippen molar-refractivity contribution in [3.8, 4) is 0 Å². The number of alkyl halides is 1. The van der Waals surface area contributed by atoms with Crippen LogP contribution >= 0.6 is 11.6 Å². The summed E-state index contributed by atoms with van der Waals surface area (Å²) in [4.78, 5) is 0. The minimum atomic E-state index is 0.471. The molecule has 1 atom stereocenters. The number of rotatable bonds is 5. The molecule has 0 rings (SSSR count). The minimum absolute atomic E-state index is 0.471. The summed E-state index contributed by atoms with van der Waals surface area (Å²) in [5, 5.41) is 3.30. The van der Waals surface area contributed by atoms with Crippen LogP contribution < -0.4 is 5.32 Å². The van der Waals surface area contributed by atoms with Crippen LogP contribution in [0.4, 0.5) is 0 Å². The number of hydrogen-bond donors (Lipinski definition) is 1. The summed E-state index contributed by atoms with van der Waals surface area (Å²) in [5.74, 6) is 0.712. The van der Waals surface area contributed by atoms with Gasteiger partial charge in [0.2, 0.25) is 0 Å². The number of hydrogen-bond acceptors (Lipinski definition) is 1. The average molecular weight is 150 g/mol. The third-order valence-corrected chi connectivity index (χ3v) is 1.72. The zero-order valence-corrected chi connectivity index (χ0v) is 7.04. The SMILES string of the molecule is CCCCNC(C)CCl. The molecule has 1 unspecified atom stereocenters. The fourth-order valence-corrected chi connectivity index (χ4v) is 0.689. The molecule has 0 radical (unpaired) electrons. The van der Waals surface area contributed by atoms with E-state index in [1.54, 1.807) is 0 Å². The molecule has 0 fully saturated rings. The molecule has 1 nitrogen and oxygen atoms in total. The van der Waals surface area contributed by atoms with E-state index < -0.39 is 0 Å². The molecule has 0 aromatic rings. The first-order valence-corrected chi connectivity index (χ1v) is 4.14. The van der Waals surface area contributed by atoms with Crippen LogP contribution in [0, 0.1) is 0 Å². The smallest absolute Gasteiger partial charge is 0.0374 e. The highest BCUT2D eigenvalue weighted by atomic mass is 35.5. The van der Waals surface area contributed by atoms with E-state index in [4.69, 9.17) is 11.6 Å². The van der Waals surface area contributed by atoms with Crippen molar-refractivity contribution in [1.82, 2.24) is 5.32 Å². The van der Waals surface area contributed by atoms with Crippen LogP contribution in [0.25, 0.3) is 0 Å². The largest absolute Gasteiger partial charge is 0.313 e. The molecule has 0 amide bonds. The van der Waals surface area contributed by atoms with Gasteiger partial charge in [-0.2, -0.15) is 0 Å². The van der Waals surface area contributed by atoms with Crippen molar-refractivity contribution in [2.75, 3.05) is 12.4 Å². The van der Waals surface area contributed by atoms with Crippen LogP contribution in [0.3, 0.4) is 0 Å². The Kier molecular flexibility index (Phi) is 6.55. The van der Waals surface area contributed by atoms with Gasteiger partial charge in [0.1, 0.15) is 0 Å². The lowest BCUT2D eigenvalue weighted by molar-refractivity contribution is 0.570. The first kappa shape index (κ1) is 9.25. The molecule has 0 aliphatic carbocycles. The molecule has 1 N–H and O–H groups in total. The molecule has 2 heteroatoms. The normalized spacial score (nSPS) is 13.7. The van der Waals surface area contributed by atoms with Gasteiger partial charge in [-0.25, -0.2) is 0 Å². The van der Waals surface area contributed by atoms with E-state index in [-0.39, 0.29) is 0 Å². The van der Waals surface area contributed by atoms with Gasteiger partial charge in [-0.3, -0.25) is 0 Å². The van der Waals surface area contributed by atoms with Crippen molar-refractivity contribution in [1.29, 1.82) is 0 Å². The van der Waals surface area contributed by atoms with Crippen molar-refractivity contribution in [3.05, 3.63) is 0 Å². The van der Waals surface area contributed by atoms with Gasteiger partial charge >= 0.3 is 0 Å². The third-order valence-electron chi connectivity index (χ3n) is 1.25. The van der Waals surface area contributed by atoms with Crippen LogP contribution in [0.5, 0.6) is 0 Å². The van der Waals surface area contributed by atoms with E-state index in [2.05, 4.69) is 19.2 Å². The fourth-order valence-electron chi connectivity index (χ4n) is 0.580. The van der Waals surface area contributed by atoms with Gasteiger partial charge in [0.15, 0.2) is 0 Å². The zero-order chi connectivity index (χ0) is 7.11. The van der Waals surface area contributed by atoms with Crippen molar-refractivity contribution in [3.63, 3.8) is 0 Å². The molecule has 0 saturated heterocycles. The van der Waals surface area contributed by atoms with Gasteiger partial charge in [0, 0.05) is 11.9 Å². The Morgan fingerprint density at radius 1 is 1.56 bits per heavy atom.